The second-order valence-electron chi connectivity index (χ2n) is 3.62. The Kier molecular flexibility index (Phi) is 6.01. The van der Waals surface area contributed by atoms with Crippen molar-refractivity contribution in [2.45, 2.75) is 19.6 Å². The van der Waals surface area contributed by atoms with Crippen LogP contribution in [-0.2, 0) is 20.9 Å². The van der Waals surface area contributed by atoms with Crippen LogP contribution >= 0.6 is 15.9 Å². The van der Waals surface area contributed by atoms with Crippen molar-refractivity contribution in [3.8, 4) is 0 Å². The van der Waals surface area contributed by atoms with E-state index in [1.807, 2.05) is 0 Å². The summed E-state index contributed by atoms with van der Waals surface area (Å²) in [6, 6.07) is 4.44. The zero-order valence-electron chi connectivity index (χ0n) is 9.99. The van der Waals surface area contributed by atoms with Crippen molar-refractivity contribution in [2.24, 2.45) is 0 Å². The Morgan fingerprint density at radius 2 is 2.33 bits per heavy atom. The summed E-state index contributed by atoms with van der Waals surface area (Å²) in [6.07, 6.45) is 0.910. The number of rotatable bonds is 6. The van der Waals surface area contributed by atoms with E-state index in [4.69, 9.17) is 9.47 Å². The Morgan fingerprint density at radius 1 is 1.61 bits per heavy atom. The molecule has 0 fully saturated rings. The van der Waals surface area contributed by atoms with Crippen LogP contribution in [0.3, 0.4) is 0 Å². The molecule has 0 radical (unpaired) electrons. The van der Waals surface area contributed by atoms with Gasteiger partial charge in [-0.25, -0.2) is 9.18 Å². The smallest absolute Gasteiger partial charge is 0.335 e. The van der Waals surface area contributed by atoms with Gasteiger partial charge in [0.25, 0.3) is 0 Å². The van der Waals surface area contributed by atoms with Crippen molar-refractivity contribution in [1.29, 1.82) is 0 Å². The molecule has 0 aromatic heterocycles. The molecule has 98 valence electrons. The zero-order valence-corrected chi connectivity index (χ0v) is 11.6. The Hall–Kier alpha value is -1.20. The highest BCUT2D eigenvalue weighted by molar-refractivity contribution is 9.10. The van der Waals surface area contributed by atoms with Crippen molar-refractivity contribution in [3.63, 3.8) is 0 Å². The highest BCUT2D eigenvalue weighted by Gasteiger charge is 2.14. The highest BCUT2D eigenvalue weighted by Crippen LogP contribution is 2.17. The second-order valence-corrected chi connectivity index (χ2v) is 4.47. The summed E-state index contributed by atoms with van der Waals surface area (Å²) in [5.74, 6) is -0.815. The van der Waals surface area contributed by atoms with Crippen LogP contribution < -0.4 is 0 Å². The van der Waals surface area contributed by atoms with Gasteiger partial charge in [0.2, 0.25) is 0 Å². The lowest BCUT2D eigenvalue weighted by atomic mass is 10.2. The molecule has 0 heterocycles. The highest BCUT2D eigenvalue weighted by atomic mass is 79.9. The van der Waals surface area contributed by atoms with Crippen LogP contribution in [0.1, 0.15) is 12.5 Å². The van der Waals surface area contributed by atoms with Gasteiger partial charge in [-0.15, -0.1) is 6.58 Å². The monoisotopic (exact) mass is 316 g/mol. The third kappa shape index (κ3) is 4.58. The average Bonchev–Trinajstić information content (AvgIpc) is 2.36. The number of carbonyl (C=O) groups excluding carboxylic acids is 1. The topological polar surface area (TPSA) is 35.5 Å². The Bertz CT molecular complexity index is 434. The quantitative estimate of drug-likeness (QED) is 0.597. The molecule has 1 rings (SSSR count). The number of hydrogen-bond acceptors (Lipinski definition) is 3. The molecule has 18 heavy (non-hydrogen) atoms. The SMILES string of the molecule is C=CCOC(C)C(=O)OCc1ccc(F)c(Br)c1. The number of halogens is 2. The zero-order chi connectivity index (χ0) is 13.5. The first-order valence-corrected chi connectivity index (χ1v) is 6.17. The van der Waals surface area contributed by atoms with Crippen molar-refractivity contribution in [3.05, 3.63) is 46.7 Å². The minimum absolute atomic E-state index is 0.0828. The second kappa shape index (κ2) is 7.28. The fraction of sp³-hybridized carbons (Fsp3) is 0.308. The molecule has 1 aromatic rings. The molecular weight excluding hydrogens is 303 g/mol. The lowest BCUT2D eigenvalue weighted by Gasteiger charge is -2.11. The molecule has 1 aromatic carbocycles. The third-order valence-electron chi connectivity index (χ3n) is 2.16. The predicted octanol–water partition coefficient (Wildman–Crippen LogP) is 3.22. The normalized spacial score (nSPS) is 11.9. The van der Waals surface area contributed by atoms with Crippen LogP contribution in [0, 0.1) is 5.82 Å². The standard InChI is InChI=1S/C13H14BrFO3/c1-3-6-17-9(2)13(16)18-8-10-4-5-12(15)11(14)7-10/h3-5,7,9H,1,6,8H2,2H3. The average molecular weight is 317 g/mol. The molecule has 1 atom stereocenters. The van der Waals surface area contributed by atoms with E-state index >= 15 is 0 Å². The first kappa shape index (κ1) is 14.9. The predicted molar refractivity (Wildman–Crippen MR) is 69.5 cm³/mol. The van der Waals surface area contributed by atoms with E-state index in [2.05, 4.69) is 22.5 Å². The van der Waals surface area contributed by atoms with E-state index in [-0.39, 0.29) is 12.4 Å². The van der Waals surface area contributed by atoms with E-state index in [0.29, 0.717) is 16.6 Å². The van der Waals surface area contributed by atoms with Crippen LogP contribution in [0.2, 0.25) is 0 Å². The summed E-state index contributed by atoms with van der Waals surface area (Å²) in [5.41, 5.74) is 0.701. The minimum atomic E-state index is -0.646. The van der Waals surface area contributed by atoms with Crippen molar-refractivity contribution in [1.82, 2.24) is 0 Å². The molecular formula is C13H14BrFO3. The summed E-state index contributed by atoms with van der Waals surface area (Å²) in [6.45, 7) is 5.46. The van der Waals surface area contributed by atoms with Gasteiger partial charge in [-0.05, 0) is 40.5 Å². The number of carbonyl (C=O) groups is 1. The van der Waals surface area contributed by atoms with Crippen LogP contribution in [0.15, 0.2) is 35.3 Å². The lowest BCUT2D eigenvalue weighted by Crippen LogP contribution is -2.23. The maximum atomic E-state index is 13.0. The van der Waals surface area contributed by atoms with Gasteiger partial charge in [-0.3, -0.25) is 0 Å². The fourth-order valence-corrected chi connectivity index (χ4v) is 1.61. The van der Waals surface area contributed by atoms with E-state index < -0.39 is 12.1 Å². The van der Waals surface area contributed by atoms with Crippen LogP contribution in [0.5, 0.6) is 0 Å². The van der Waals surface area contributed by atoms with Crippen LogP contribution in [-0.4, -0.2) is 18.7 Å². The number of hydrogen-bond donors (Lipinski definition) is 0. The molecule has 0 bridgehead atoms. The maximum absolute atomic E-state index is 13.0. The van der Waals surface area contributed by atoms with Gasteiger partial charge >= 0.3 is 5.97 Å². The van der Waals surface area contributed by atoms with Gasteiger partial charge in [0.15, 0.2) is 6.10 Å². The molecule has 0 spiro atoms. The van der Waals surface area contributed by atoms with Gasteiger partial charge in [0.1, 0.15) is 12.4 Å². The summed E-state index contributed by atoms with van der Waals surface area (Å²) in [5, 5.41) is 0. The van der Waals surface area contributed by atoms with Crippen molar-refractivity contribution >= 4 is 21.9 Å². The van der Waals surface area contributed by atoms with E-state index in [0.717, 1.165) is 0 Å². The van der Waals surface area contributed by atoms with E-state index in [1.165, 1.54) is 6.07 Å². The lowest BCUT2D eigenvalue weighted by molar-refractivity contribution is -0.156. The maximum Gasteiger partial charge on any atom is 0.335 e. The number of benzene rings is 1. The molecule has 0 amide bonds. The fourth-order valence-electron chi connectivity index (χ4n) is 1.18. The number of ether oxygens (including phenoxy) is 2. The first-order chi connectivity index (χ1) is 8.54. The summed E-state index contributed by atoms with van der Waals surface area (Å²) in [4.78, 5) is 11.5. The molecule has 0 N–H and O–H groups in total. The van der Waals surface area contributed by atoms with Gasteiger partial charge in [0, 0.05) is 0 Å². The van der Waals surface area contributed by atoms with Crippen molar-refractivity contribution < 1.29 is 18.7 Å². The first-order valence-electron chi connectivity index (χ1n) is 5.37. The van der Waals surface area contributed by atoms with E-state index in [9.17, 15) is 9.18 Å². The molecule has 0 aliphatic rings. The third-order valence-corrected chi connectivity index (χ3v) is 2.77. The Labute approximate surface area is 114 Å². The molecule has 0 aliphatic heterocycles. The summed E-state index contributed by atoms with van der Waals surface area (Å²) in [7, 11) is 0. The van der Waals surface area contributed by atoms with E-state index in [1.54, 1.807) is 25.1 Å². The van der Waals surface area contributed by atoms with Gasteiger partial charge in [0.05, 0.1) is 11.1 Å². The Balaban J connectivity index is 2.46. The van der Waals surface area contributed by atoms with Gasteiger partial charge in [-0.1, -0.05) is 12.1 Å². The molecule has 1 unspecified atom stereocenters. The molecule has 3 nitrogen and oxygen atoms in total. The largest absolute Gasteiger partial charge is 0.459 e. The molecule has 0 aliphatic carbocycles. The molecule has 0 saturated carbocycles. The van der Waals surface area contributed by atoms with Gasteiger partial charge < -0.3 is 9.47 Å². The van der Waals surface area contributed by atoms with Crippen LogP contribution in [0.4, 0.5) is 4.39 Å². The molecule has 5 heteroatoms. The summed E-state index contributed by atoms with van der Waals surface area (Å²) >= 11 is 3.06. The van der Waals surface area contributed by atoms with Gasteiger partial charge in [-0.2, -0.15) is 0 Å². The minimum Gasteiger partial charge on any atom is -0.459 e. The number of esters is 1. The van der Waals surface area contributed by atoms with Crippen LogP contribution in [0.25, 0.3) is 0 Å². The van der Waals surface area contributed by atoms with Crippen molar-refractivity contribution in [2.75, 3.05) is 6.61 Å². The Morgan fingerprint density at radius 3 is 2.94 bits per heavy atom. The summed E-state index contributed by atoms with van der Waals surface area (Å²) < 4.78 is 23.5. The molecule has 0 saturated heterocycles.